The van der Waals surface area contributed by atoms with Crippen molar-refractivity contribution in [1.82, 2.24) is 5.32 Å². The Kier molecular flexibility index (Phi) is 53.9. The van der Waals surface area contributed by atoms with Crippen molar-refractivity contribution in [3.63, 3.8) is 0 Å². The first-order valence-corrected chi connectivity index (χ1v) is 34.1. The van der Waals surface area contributed by atoms with Crippen molar-refractivity contribution in [2.45, 2.75) is 384 Å². The second-order valence-corrected chi connectivity index (χ2v) is 23.9. The summed E-state index contributed by atoms with van der Waals surface area (Å²) in [7, 11) is 0. The molecule has 0 radical (unpaired) electrons. The molecule has 466 valence electrons. The molecule has 0 spiro atoms. The van der Waals surface area contributed by atoms with Gasteiger partial charge in [0.25, 0.3) is 0 Å². The van der Waals surface area contributed by atoms with Gasteiger partial charge in [-0.25, -0.2) is 0 Å². The number of aliphatic hydroxyl groups is 5. The normalized spacial score (nSPS) is 18.9. The number of hydrogen-bond donors (Lipinski definition) is 6. The number of ether oxygens (including phenoxy) is 3. The topological polar surface area (TPSA) is 175 Å². The van der Waals surface area contributed by atoms with Crippen molar-refractivity contribution in [1.29, 1.82) is 0 Å². The zero-order valence-corrected chi connectivity index (χ0v) is 51.8. The number of nitrogens with one attached hydrogen (secondary N) is 1. The second kappa shape index (κ2) is 56.6. The molecule has 1 aliphatic rings. The van der Waals surface area contributed by atoms with E-state index in [-0.39, 0.29) is 19.4 Å². The largest absolute Gasteiger partial charge is 0.454 e. The summed E-state index contributed by atoms with van der Waals surface area (Å²) in [4.78, 5) is 26.6. The van der Waals surface area contributed by atoms with Crippen LogP contribution in [-0.2, 0) is 23.8 Å². The van der Waals surface area contributed by atoms with Gasteiger partial charge >= 0.3 is 5.97 Å². The maximum atomic E-state index is 13.4. The molecule has 0 bridgehead atoms. The molecule has 1 amide bonds. The summed E-state index contributed by atoms with van der Waals surface area (Å²) < 4.78 is 17.7. The van der Waals surface area contributed by atoms with E-state index in [9.17, 15) is 35.1 Å². The highest BCUT2D eigenvalue weighted by molar-refractivity contribution is 5.80. The van der Waals surface area contributed by atoms with Gasteiger partial charge in [0.15, 0.2) is 12.4 Å². The van der Waals surface area contributed by atoms with Crippen LogP contribution < -0.4 is 5.32 Å². The number of carbonyl (C=O) groups excluding carboxylic acids is 2. The SMILES string of the molecule is CCCCCCCCC/C=C\CCCCC(O)C(=O)NC(COC1OC(CO)C(O)C(O)C1OC(=O)CCCCCCCCCCCCCCCCCCCCCCCCCCC)C(O)/C=C/CCCCCCCCCCCC. The van der Waals surface area contributed by atoms with Crippen molar-refractivity contribution < 1.29 is 49.3 Å². The van der Waals surface area contributed by atoms with Crippen LogP contribution in [0.3, 0.4) is 0 Å². The van der Waals surface area contributed by atoms with Crippen LogP contribution in [-0.4, -0.2) is 99.6 Å². The highest BCUT2D eigenvalue weighted by Crippen LogP contribution is 2.26. The molecule has 0 aromatic rings. The van der Waals surface area contributed by atoms with E-state index in [1.54, 1.807) is 6.08 Å². The van der Waals surface area contributed by atoms with Gasteiger partial charge in [0.1, 0.15) is 24.4 Å². The third-order valence-corrected chi connectivity index (χ3v) is 16.4. The average Bonchev–Trinajstić information content (AvgIpc) is 3.46. The van der Waals surface area contributed by atoms with E-state index >= 15 is 0 Å². The van der Waals surface area contributed by atoms with E-state index in [1.165, 1.54) is 231 Å². The summed E-state index contributed by atoms with van der Waals surface area (Å²) in [5, 5.41) is 57.0. The first kappa shape index (κ1) is 75.2. The van der Waals surface area contributed by atoms with Crippen LogP contribution in [0.4, 0.5) is 0 Å². The highest BCUT2D eigenvalue weighted by Gasteiger charge is 2.47. The van der Waals surface area contributed by atoms with Crippen LogP contribution in [0.1, 0.15) is 335 Å². The minimum absolute atomic E-state index is 0.128. The molecule has 8 unspecified atom stereocenters. The van der Waals surface area contributed by atoms with Crippen molar-refractivity contribution in [3.05, 3.63) is 24.3 Å². The lowest BCUT2D eigenvalue weighted by atomic mass is 9.99. The lowest BCUT2D eigenvalue weighted by Crippen LogP contribution is -2.61. The number of amides is 1. The molecule has 0 aliphatic carbocycles. The third kappa shape index (κ3) is 44.4. The molecule has 0 saturated carbocycles. The summed E-state index contributed by atoms with van der Waals surface area (Å²) in [5.74, 6) is -1.20. The van der Waals surface area contributed by atoms with Gasteiger partial charge in [-0.1, -0.05) is 302 Å². The number of allylic oxidation sites excluding steroid dienone is 3. The van der Waals surface area contributed by atoms with Crippen LogP contribution in [0.5, 0.6) is 0 Å². The Morgan fingerprint density at radius 2 is 0.835 bits per heavy atom. The molecule has 11 heteroatoms. The predicted octanol–water partition coefficient (Wildman–Crippen LogP) is 16.8. The van der Waals surface area contributed by atoms with E-state index in [1.807, 2.05) is 6.08 Å². The molecule has 1 aliphatic heterocycles. The molecule has 11 nitrogen and oxygen atoms in total. The molecule has 0 aromatic heterocycles. The Bertz CT molecular complexity index is 1380. The molecular weight excluding hydrogens is 991 g/mol. The minimum atomic E-state index is -1.61. The first-order valence-electron chi connectivity index (χ1n) is 34.1. The van der Waals surface area contributed by atoms with Crippen molar-refractivity contribution in [2.24, 2.45) is 0 Å². The first-order chi connectivity index (χ1) is 38.7. The van der Waals surface area contributed by atoms with E-state index < -0.39 is 67.4 Å². The molecule has 8 atom stereocenters. The highest BCUT2D eigenvalue weighted by atomic mass is 16.7. The van der Waals surface area contributed by atoms with Crippen LogP contribution in [0.2, 0.25) is 0 Å². The van der Waals surface area contributed by atoms with Crippen molar-refractivity contribution in [2.75, 3.05) is 13.2 Å². The zero-order chi connectivity index (χ0) is 57.5. The standard InChI is InChI=1S/C68H129NO10/c1-4-7-10-13-16-19-22-25-26-27-28-29-30-31-32-33-34-35-36-38-41-44-47-50-53-56-63(73)79-66-65(75)64(74)62(57-70)78-68(66)77-58-59(60(71)54-51-48-45-42-39-24-21-18-15-12-9-6-3)69-67(76)61(72)55-52-49-46-43-40-37-23-20-17-14-11-8-5-2/h40,43,51,54,59-62,64-66,68,70-72,74-75H,4-39,41-42,44-50,52-53,55-58H2,1-3H3,(H,69,76)/b43-40-,54-51+. The molecule has 79 heavy (non-hydrogen) atoms. The number of carbonyl (C=O) groups is 2. The molecule has 1 saturated heterocycles. The molecule has 1 heterocycles. The Morgan fingerprint density at radius 1 is 0.481 bits per heavy atom. The van der Waals surface area contributed by atoms with Crippen molar-refractivity contribution >= 4 is 11.9 Å². The van der Waals surface area contributed by atoms with Gasteiger partial charge in [0.2, 0.25) is 5.91 Å². The zero-order valence-electron chi connectivity index (χ0n) is 51.8. The maximum absolute atomic E-state index is 13.4. The van der Waals surface area contributed by atoms with E-state index in [4.69, 9.17) is 14.2 Å². The van der Waals surface area contributed by atoms with Gasteiger partial charge in [-0.15, -0.1) is 0 Å². The monoisotopic (exact) mass is 1120 g/mol. The van der Waals surface area contributed by atoms with E-state index in [0.29, 0.717) is 12.8 Å². The number of aliphatic hydroxyl groups excluding tert-OH is 5. The van der Waals surface area contributed by atoms with Crippen molar-refractivity contribution in [3.8, 4) is 0 Å². The predicted molar refractivity (Wildman–Crippen MR) is 329 cm³/mol. The quantitative estimate of drug-likeness (QED) is 0.0195. The summed E-state index contributed by atoms with van der Waals surface area (Å²) in [6.07, 6.45) is 56.7. The third-order valence-electron chi connectivity index (χ3n) is 16.4. The van der Waals surface area contributed by atoms with Crippen LogP contribution >= 0.6 is 0 Å². The van der Waals surface area contributed by atoms with Gasteiger partial charge in [0.05, 0.1) is 25.4 Å². The van der Waals surface area contributed by atoms with Crippen LogP contribution in [0.15, 0.2) is 24.3 Å². The van der Waals surface area contributed by atoms with Crippen LogP contribution in [0.25, 0.3) is 0 Å². The van der Waals surface area contributed by atoms with Gasteiger partial charge in [0, 0.05) is 6.42 Å². The molecule has 0 aromatic carbocycles. The van der Waals surface area contributed by atoms with Gasteiger partial charge in [-0.3, -0.25) is 9.59 Å². The second-order valence-electron chi connectivity index (χ2n) is 23.9. The molecule has 6 N–H and O–H groups in total. The fourth-order valence-electron chi connectivity index (χ4n) is 10.9. The Hall–Kier alpha value is -1.86. The summed E-state index contributed by atoms with van der Waals surface area (Å²) in [6, 6.07) is -1.03. The Morgan fingerprint density at radius 3 is 1.23 bits per heavy atom. The molecule has 1 fully saturated rings. The number of hydrogen-bond acceptors (Lipinski definition) is 10. The fourth-order valence-corrected chi connectivity index (χ4v) is 10.9. The van der Waals surface area contributed by atoms with E-state index in [2.05, 4.69) is 38.2 Å². The van der Waals surface area contributed by atoms with E-state index in [0.717, 1.165) is 57.8 Å². The summed E-state index contributed by atoms with van der Waals surface area (Å²) in [6.45, 7) is 5.81. The number of rotatable bonds is 59. The summed E-state index contributed by atoms with van der Waals surface area (Å²) >= 11 is 0. The number of esters is 1. The van der Waals surface area contributed by atoms with Gasteiger partial charge in [-0.05, 0) is 51.4 Å². The maximum Gasteiger partial charge on any atom is 0.306 e. The van der Waals surface area contributed by atoms with Gasteiger partial charge in [-0.2, -0.15) is 0 Å². The summed E-state index contributed by atoms with van der Waals surface area (Å²) in [5.41, 5.74) is 0. The number of unbranched alkanes of at least 4 members (excludes halogenated alkanes) is 43. The fraction of sp³-hybridized carbons (Fsp3) is 0.912. The lowest BCUT2D eigenvalue weighted by Gasteiger charge is -2.41. The Labute approximate surface area is 486 Å². The smallest absolute Gasteiger partial charge is 0.306 e. The van der Waals surface area contributed by atoms with Gasteiger partial charge < -0.3 is 45.1 Å². The molecule has 1 rings (SSSR count). The Balaban J connectivity index is 2.55. The lowest BCUT2D eigenvalue weighted by molar-refractivity contribution is -0.305. The molecular formula is C68H129NO10. The minimum Gasteiger partial charge on any atom is -0.454 e. The van der Waals surface area contributed by atoms with Crippen LogP contribution in [0, 0.1) is 0 Å². The average molecular weight is 1120 g/mol.